The van der Waals surface area contributed by atoms with Crippen molar-refractivity contribution in [2.75, 3.05) is 0 Å². The summed E-state index contributed by atoms with van der Waals surface area (Å²) >= 11 is 5.79. The zero-order chi connectivity index (χ0) is 15.5. The summed E-state index contributed by atoms with van der Waals surface area (Å²) in [7, 11) is -3.56. The Kier molecular flexibility index (Phi) is 4.71. The molecule has 2 aromatic rings. The molecule has 0 aromatic heterocycles. The number of halogens is 1. The molecular weight excluding hydrogens is 306 g/mol. The lowest BCUT2D eigenvalue weighted by atomic mass is 9.96. The van der Waals surface area contributed by atoms with Crippen molar-refractivity contribution in [2.45, 2.75) is 30.7 Å². The summed E-state index contributed by atoms with van der Waals surface area (Å²) in [6.07, 6.45) is 0.612. The van der Waals surface area contributed by atoms with Gasteiger partial charge in [-0.1, -0.05) is 41.9 Å². The van der Waals surface area contributed by atoms with E-state index in [1.54, 1.807) is 12.1 Å². The van der Waals surface area contributed by atoms with Gasteiger partial charge in [-0.05, 0) is 50.1 Å². The SMILES string of the molecule is CC(C)(Cc1ccccc1)NS(=O)(=O)c1ccc(Cl)cc1. The Morgan fingerprint density at radius 1 is 1.00 bits per heavy atom. The lowest BCUT2D eigenvalue weighted by molar-refractivity contribution is 0.450. The first-order chi connectivity index (χ1) is 9.78. The molecule has 112 valence electrons. The van der Waals surface area contributed by atoms with E-state index in [2.05, 4.69) is 4.72 Å². The third kappa shape index (κ3) is 4.56. The number of hydrogen-bond donors (Lipinski definition) is 1. The first-order valence-corrected chi connectivity index (χ1v) is 8.48. The van der Waals surface area contributed by atoms with Crippen LogP contribution in [0.5, 0.6) is 0 Å². The second-order valence-electron chi connectivity index (χ2n) is 5.61. The van der Waals surface area contributed by atoms with Crippen LogP contribution in [0.25, 0.3) is 0 Å². The van der Waals surface area contributed by atoms with Crippen molar-refractivity contribution in [1.29, 1.82) is 0 Å². The van der Waals surface area contributed by atoms with Gasteiger partial charge >= 0.3 is 0 Å². The van der Waals surface area contributed by atoms with Crippen LogP contribution in [0.15, 0.2) is 59.5 Å². The fraction of sp³-hybridized carbons (Fsp3) is 0.250. The third-order valence-electron chi connectivity index (χ3n) is 3.02. The van der Waals surface area contributed by atoms with Gasteiger partial charge in [-0.2, -0.15) is 0 Å². The summed E-state index contributed by atoms with van der Waals surface area (Å²) in [4.78, 5) is 0.216. The zero-order valence-corrected chi connectivity index (χ0v) is 13.6. The highest BCUT2D eigenvalue weighted by Crippen LogP contribution is 2.19. The van der Waals surface area contributed by atoms with Crippen LogP contribution in [0.4, 0.5) is 0 Å². The number of benzene rings is 2. The molecular formula is C16H18ClNO2S. The highest BCUT2D eigenvalue weighted by molar-refractivity contribution is 7.89. The van der Waals surface area contributed by atoms with Crippen LogP contribution >= 0.6 is 11.6 Å². The highest BCUT2D eigenvalue weighted by atomic mass is 35.5. The Morgan fingerprint density at radius 2 is 1.57 bits per heavy atom. The average Bonchev–Trinajstić information content (AvgIpc) is 2.38. The minimum Gasteiger partial charge on any atom is -0.207 e. The Labute approximate surface area is 131 Å². The molecule has 0 atom stereocenters. The number of rotatable bonds is 5. The molecule has 0 saturated heterocycles. The second kappa shape index (κ2) is 6.18. The third-order valence-corrected chi connectivity index (χ3v) is 4.99. The van der Waals surface area contributed by atoms with Gasteiger partial charge in [0.05, 0.1) is 4.90 Å². The van der Waals surface area contributed by atoms with E-state index in [1.807, 2.05) is 44.2 Å². The highest BCUT2D eigenvalue weighted by Gasteiger charge is 2.26. The molecule has 0 aliphatic heterocycles. The molecule has 1 N–H and O–H groups in total. The van der Waals surface area contributed by atoms with Crippen molar-refractivity contribution in [3.05, 3.63) is 65.2 Å². The molecule has 0 fully saturated rings. The minimum absolute atomic E-state index is 0.216. The first kappa shape index (κ1) is 16.0. The van der Waals surface area contributed by atoms with Crippen LogP contribution in [0.3, 0.4) is 0 Å². The van der Waals surface area contributed by atoms with Crippen LogP contribution in [0.2, 0.25) is 5.02 Å². The fourth-order valence-corrected chi connectivity index (χ4v) is 3.72. The van der Waals surface area contributed by atoms with E-state index in [4.69, 9.17) is 11.6 Å². The van der Waals surface area contributed by atoms with Gasteiger partial charge in [0.1, 0.15) is 0 Å². The summed E-state index contributed by atoms with van der Waals surface area (Å²) in [6.45, 7) is 3.74. The first-order valence-electron chi connectivity index (χ1n) is 6.62. The fourth-order valence-electron chi connectivity index (χ4n) is 2.18. The Morgan fingerprint density at radius 3 is 2.14 bits per heavy atom. The predicted octanol–water partition coefficient (Wildman–Crippen LogP) is 3.64. The van der Waals surface area contributed by atoms with E-state index in [0.717, 1.165) is 5.56 Å². The molecule has 0 radical (unpaired) electrons. The minimum atomic E-state index is -3.56. The molecule has 0 amide bonds. The van der Waals surface area contributed by atoms with Gasteiger partial charge in [0.25, 0.3) is 0 Å². The van der Waals surface area contributed by atoms with E-state index < -0.39 is 15.6 Å². The van der Waals surface area contributed by atoms with E-state index in [9.17, 15) is 8.42 Å². The van der Waals surface area contributed by atoms with Crippen LogP contribution < -0.4 is 4.72 Å². The van der Waals surface area contributed by atoms with Crippen LogP contribution in [-0.4, -0.2) is 14.0 Å². The summed E-state index contributed by atoms with van der Waals surface area (Å²) in [5, 5.41) is 0.512. The topological polar surface area (TPSA) is 46.2 Å². The van der Waals surface area contributed by atoms with Crippen molar-refractivity contribution in [2.24, 2.45) is 0 Å². The van der Waals surface area contributed by atoms with E-state index in [0.29, 0.717) is 11.4 Å². The van der Waals surface area contributed by atoms with Gasteiger partial charge in [-0.25, -0.2) is 13.1 Å². The van der Waals surface area contributed by atoms with Crippen molar-refractivity contribution in [1.82, 2.24) is 4.72 Å². The monoisotopic (exact) mass is 323 g/mol. The Balaban J connectivity index is 2.17. The van der Waals surface area contributed by atoms with Gasteiger partial charge in [-0.15, -0.1) is 0 Å². The van der Waals surface area contributed by atoms with Gasteiger partial charge in [0, 0.05) is 10.6 Å². The summed E-state index contributed by atoms with van der Waals surface area (Å²) in [6, 6.07) is 15.9. The van der Waals surface area contributed by atoms with Gasteiger partial charge in [0.2, 0.25) is 10.0 Å². The van der Waals surface area contributed by atoms with E-state index >= 15 is 0 Å². The van der Waals surface area contributed by atoms with Gasteiger partial charge < -0.3 is 0 Å². The van der Waals surface area contributed by atoms with Crippen molar-refractivity contribution in [3.63, 3.8) is 0 Å². The second-order valence-corrected chi connectivity index (χ2v) is 7.72. The Bertz CT molecular complexity index is 695. The maximum Gasteiger partial charge on any atom is 0.241 e. The summed E-state index contributed by atoms with van der Waals surface area (Å²) < 4.78 is 27.5. The van der Waals surface area contributed by atoms with Gasteiger partial charge in [0.15, 0.2) is 0 Å². The molecule has 0 saturated carbocycles. The molecule has 2 rings (SSSR count). The molecule has 0 aliphatic carbocycles. The summed E-state index contributed by atoms with van der Waals surface area (Å²) in [5.41, 5.74) is 0.501. The predicted molar refractivity (Wildman–Crippen MR) is 86.0 cm³/mol. The number of hydrogen-bond acceptors (Lipinski definition) is 2. The van der Waals surface area contributed by atoms with Crippen molar-refractivity contribution in [3.8, 4) is 0 Å². The number of nitrogens with one attached hydrogen (secondary N) is 1. The lowest BCUT2D eigenvalue weighted by Crippen LogP contribution is -2.44. The van der Waals surface area contributed by atoms with Gasteiger partial charge in [-0.3, -0.25) is 0 Å². The zero-order valence-electron chi connectivity index (χ0n) is 12.0. The molecule has 0 aliphatic rings. The van der Waals surface area contributed by atoms with E-state index in [1.165, 1.54) is 12.1 Å². The largest absolute Gasteiger partial charge is 0.241 e. The molecule has 0 spiro atoms. The molecule has 3 nitrogen and oxygen atoms in total. The van der Waals surface area contributed by atoms with Crippen molar-refractivity contribution < 1.29 is 8.42 Å². The van der Waals surface area contributed by atoms with Crippen LogP contribution in [0.1, 0.15) is 19.4 Å². The quantitative estimate of drug-likeness (QED) is 0.913. The standard InChI is InChI=1S/C16H18ClNO2S/c1-16(2,12-13-6-4-3-5-7-13)18-21(19,20)15-10-8-14(17)9-11-15/h3-11,18H,12H2,1-2H3. The normalized spacial score (nSPS) is 12.3. The smallest absolute Gasteiger partial charge is 0.207 e. The molecule has 0 bridgehead atoms. The Hall–Kier alpha value is -1.36. The molecule has 5 heteroatoms. The summed E-state index contributed by atoms with van der Waals surface area (Å²) in [5.74, 6) is 0. The van der Waals surface area contributed by atoms with Crippen LogP contribution in [0, 0.1) is 0 Å². The average molecular weight is 324 g/mol. The van der Waals surface area contributed by atoms with E-state index in [-0.39, 0.29) is 4.90 Å². The van der Waals surface area contributed by atoms with Crippen LogP contribution in [-0.2, 0) is 16.4 Å². The van der Waals surface area contributed by atoms with Crippen molar-refractivity contribution >= 4 is 21.6 Å². The lowest BCUT2D eigenvalue weighted by Gasteiger charge is -2.26. The molecule has 0 heterocycles. The molecule has 21 heavy (non-hydrogen) atoms. The number of sulfonamides is 1. The molecule has 2 aromatic carbocycles. The maximum absolute atomic E-state index is 12.4. The molecule has 0 unspecified atom stereocenters. The maximum atomic E-state index is 12.4.